The van der Waals surface area contributed by atoms with Gasteiger partial charge in [0.25, 0.3) is 0 Å². The Bertz CT molecular complexity index is 779. The van der Waals surface area contributed by atoms with E-state index in [0.29, 0.717) is 5.69 Å². The SMILES string of the molecule is O=C(CNS(=O)(=O)c1ccccc1Cl)Nc1ccc(F)cc1. The molecule has 0 radical (unpaired) electrons. The molecule has 1 amide bonds. The van der Waals surface area contributed by atoms with Crippen LogP contribution in [0.4, 0.5) is 10.1 Å². The van der Waals surface area contributed by atoms with Crippen LogP contribution in [0.15, 0.2) is 53.4 Å². The lowest BCUT2D eigenvalue weighted by Crippen LogP contribution is -2.33. The van der Waals surface area contributed by atoms with Gasteiger partial charge in [-0.3, -0.25) is 4.79 Å². The standard InChI is InChI=1S/C14H12ClFN2O3S/c15-12-3-1-2-4-13(12)22(20,21)17-9-14(19)18-11-7-5-10(16)6-8-11/h1-8,17H,9H2,(H,18,19). The van der Waals surface area contributed by atoms with Crippen molar-refractivity contribution in [2.75, 3.05) is 11.9 Å². The molecule has 0 atom stereocenters. The van der Waals surface area contributed by atoms with E-state index in [4.69, 9.17) is 11.6 Å². The van der Waals surface area contributed by atoms with Gasteiger partial charge in [-0.2, -0.15) is 0 Å². The van der Waals surface area contributed by atoms with Gasteiger partial charge in [-0.05, 0) is 36.4 Å². The van der Waals surface area contributed by atoms with Crippen LogP contribution in [0.5, 0.6) is 0 Å². The number of hydrogen-bond donors (Lipinski definition) is 2. The van der Waals surface area contributed by atoms with Crippen molar-refractivity contribution in [3.8, 4) is 0 Å². The molecule has 22 heavy (non-hydrogen) atoms. The van der Waals surface area contributed by atoms with Crippen LogP contribution in [-0.2, 0) is 14.8 Å². The van der Waals surface area contributed by atoms with Crippen molar-refractivity contribution in [1.29, 1.82) is 0 Å². The minimum absolute atomic E-state index is 0.0638. The number of rotatable bonds is 5. The van der Waals surface area contributed by atoms with Crippen LogP contribution >= 0.6 is 11.6 Å². The van der Waals surface area contributed by atoms with Gasteiger partial charge in [0, 0.05) is 5.69 Å². The number of carbonyl (C=O) groups excluding carboxylic acids is 1. The van der Waals surface area contributed by atoms with Crippen molar-refractivity contribution in [2.24, 2.45) is 0 Å². The largest absolute Gasteiger partial charge is 0.325 e. The van der Waals surface area contributed by atoms with Crippen molar-refractivity contribution in [3.05, 3.63) is 59.4 Å². The number of sulfonamides is 1. The molecule has 116 valence electrons. The van der Waals surface area contributed by atoms with Crippen LogP contribution < -0.4 is 10.0 Å². The summed E-state index contributed by atoms with van der Waals surface area (Å²) in [5.74, 6) is -1.01. The monoisotopic (exact) mass is 342 g/mol. The van der Waals surface area contributed by atoms with Gasteiger partial charge >= 0.3 is 0 Å². The van der Waals surface area contributed by atoms with Crippen molar-refractivity contribution < 1.29 is 17.6 Å². The summed E-state index contributed by atoms with van der Waals surface area (Å²) < 4.78 is 38.9. The molecular weight excluding hydrogens is 331 g/mol. The highest BCUT2D eigenvalue weighted by Crippen LogP contribution is 2.19. The van der Waals surface area contributed by atoms with Crippen molar-refractivity contribution in [3.63, 3.8) is 0 Å². The highest BCUT2D eigenvalue weighted by molar-refractivity contribution is 7.89. The Kier molecular flexibility index (Phi) is 5.12. The highest BCUT2D eigenvalue weighted by Gasteiger charge is 2.18. The van der Waals surface area contributed by atoms with E-state index in [1.54, 1.807) is 6.07 Å². The fourth-order valence-electron chi connectivity index (χ4n) is 1.64. The normalized spacial score (nSPS) is 11.2. The molecule has 2 rings (SSSR count). The zero-order chi connectivity index (χ0) is 16.2. The molecule has 0 unspecified atom stereocenters. The molecule has 2 aromatic carbocycles. The molecule has 0 saturated carbocycles. The van der Waals surface area contributed by atoms with E-state index >= 15 is 0 Å². The van der Waals surface area contributed by atoms with Gasteiger partial charge in [0.1, 0.15) is 10.7 Å². The molecule has 2 aromatic rings. The number of nitrogens with one attached hydrogen (secondary N) is 2. The van der Waals surface area contributed by atoms with E-state index in [0.717, 1.165) is 0 Å². The van der Waals surface area contributed by atoms with Crippen LogP contribution in [0.3, 0.4) is 0 Å². The maximum Gasteiger partial charge on any atom is 0.242 e. The summed E-state index contributed by atoms with van der Waals surface area (Å²) >= 11 is 5.81. The molecule has 0 bridgehead atoms. The van der Waals surface area contributed by atoms with E-state index < -0.39 is 28.3 Å². The first-order chi connectivity index (χ1) is 10.4. The summed E-state index contributed by atoms with van der Waals surface area (Å²) in [4.78, 5) is 11.6. The number of carbonyl (C=O) groups is 1. The summed E-state index contributed by atoms with van der Waals surface area (Å²) in [5, 5.41) is 2.51. The Balaban J connectivity index is 1.98. The lowest BCUT2D eigenvalue weighted by atomic mass is 10.3. The van der Waals surface area contributed by atoms with Gasteiger partial charge in [0.05, 0.1) is 11.6 Å². The molecule has 5 nitrogen and oxygen atoms in total. The summed E-state index contributed by atoms with van der Waals surface area (Å²) in [6.45, 7) is -0.467. The topological polar surface area (TPSA) is 75.3 Å². The van der Waals surface area contributed by atoms with Crippen molar-refractivity contribution >= 4 is 33.2 Å². The lowest BCUT2D eigenvalue weighted by molar-refractivity contribution is -0.115. The smallest absolute Gasteiger partial charge is 0.242 e. The Labute approximate surface area is 132 Å². The number of benzene rings is 2. The number of amides is 1. The molecule has 0 aliphatic heterocycles. The van der Waals surface area contributed by atoms with Gasteiger partial charge in [0.2, 0.25) is 15.9 Å². The molecule has 0 aliphatic carbocycles. The third-order valence-electron chi connectivity index (χ3n) is 2.68. The van der Waals surface area contributed by atoms with Gasteiger partial charge in [-0.25, -0.2) is 17.5 Å². The second kappa shape index (κ2) is 6.87. The third-order valence-corrected chi connectivity index (χ3v) is 4.58. The second-order valence-electron chi connectivity index (χ2n) is 4.31. The average Bonchev–Trinajstić information content (AvgIpc) is 2.48. The highest BCUT2D eigenvalue weighted by atomic mass is 35.5. The summed E-state index contributed by atoms with van der Waals surface area (Å²) in [7, 11) is -3.89. The Morgan fingerprint density at radius 2 is 1.73 bits per heavy atom. The average molecular weight is 343 g/mol. The van der Waals surface area contributed by atoms with E-state index in [2.05, 4.69) is 10.0 Å². The molecule has 0 spiro atoms. The van der Waals surface area contributed by atoms with Gasteiger partial charge in [0.15, 0.2) is 0 Å². The molecule has 0 saturated heterocycles. The first-order valence-electron chi connectivity index (χ1n) is 6.18. The van der Waals surface area contributed by atoms with E-state index in [9.17, 15) is 17.6 Å². The Morgan fingerprint density at radius 1 is 1.09 bits per heavy atom. The van der Waals surface area contributed by atoms with Crippen LogP contribution in [0.1, 0.15) is 0 Å². The minimum Gasteiger partial charge on any atom is -0.325 e. The van der Waals surface area contributed by atoms with E-state index in [1.807, 2.05) is 0 Å². The quantitative estimate of drug-likeness (QED) is 0.876. The third kappa shape index (κ3) is 4.27. The first-order valence-corrected chi connectivity index (χ1v) is 8.04. The van der Waals surface area contributed by atoms with Crippen LogP contribution in [0.25, 0.3) is 0 Å². The van der Waals surface area contributed by atoms with Gasteiger partial charge < -0.3 is 5.32 Å². The molecule has 0 aliphatic rings. The van der Waals surface area contributed by atoms with Gasteiger partial charge in [-0.1, -0.05) is 23.7 Å². The van der Waals surface area contributed by atoms with Crippen LogP contribution in [0.2, 0.25) is 5.02 Å². The van der Waals surface area contributed by atoms with E-state index in [-0.39, 0.29) is 9.92 Å². The number of anilines is 1. The molecular formula is C14H12ClFN2O3S. The molecule has 0 fully saturated rings. The fourth-order valence-corrected chi connectivity index (χ4v) is 3.14. The Hall–Kier alpha value is -1.96. The van der Waals surface area contributed by atoms with Crippen LogP contribution in [-0.4, -0.2) is 20.9 Å². The predicted octanol–water partition coefficient (Wildman–Crippen LogP) is 2.40. The molecule has 2 N–H and O–H groups in total. The molecule has 0 aromatic heterocycles. The second-order valence-corrected chi connectivity index (χ2v) is 6.45. The predicted molar refractivity (Wildman–Crippen MR) is 81.7 cm³/mol. The minimum atomic E-state index is -3.89. The van der Waals surface area contributed by atoms with Crippen molar-refractivity contribution in [2.45, 2.75) is 4.90 Å². The first kappa shape index (κ1) is 16.4. The number of hydrogen-bond acceptors (Lipinski definition) is 3. The summed E-state index contributed by atoms with van der Waals surface area (Å²) in [6.07, 6.45) is 0. The molecule has 8 heteroatoms. The fraction of sp³-hybridized carbons (Fsp3) is 0.0714. The zero-order valence-electron chi connectivity index (χ0n) is 11.2. The summed E-state index contributed by atoms with van der Waals surface area (Å²) in [6, 6.07) is 11.0. The van der Waals surface area contributed by atoms with E-state index in [1.165, 1.54) is 42.5 Å². The van der Waals surface area contributed by atoms with Crippen LogP contribution in [0, 0.1) is 5.82 Å². The maximum absolute atomic E-state index is 12.7. The van der Waals surface area contributed by atoms with Gasteiger partial charge in [-0.15, -0.1) is 0 Å². The molecule has 0 heterocycles. The Morgan fingerprint density at radius 3 is 2.36 bits per heavy atom. The summed E-state index contributed by atoms with van der Waals surface area (Å²) in [5.41, 5.74) is 0.364. The zero-order valence-corrected chi connectivity index (χ0v) is 12.8. The lowest BCUT2D eigenvalue weighted by Gasteiger charge is -2.09. The van der Waals surface area contributed by atoms with Crippen molar-refractivity contribution in [1.82, 2.24) is 4.72 Å². The maximum atomic E-state index is 12.7. The number of halogens is 2.